The molecule has 1 aromatic carbocycles. The van der Waals surface area contributed by atoms with Gasteiger partial charge in [-0.1, -0.05) is 32.0 Å². The Bertz CT molecular complexity index is 1330. The first-order valence-electron chi connectivity index (χ1n) is 14.6. The molecule has 7 rings (SSSR count). The number of benzene rings is 1. The number of hydrogen-bond donors (Lipinski definition) is 3. The predicted octanol–water partition coefficient (Wildman–Crippen LogP) is 3.81. The molecule has 41 heavy (non-hydrogen) atoms. The Kier molecular flexibility index (Phi) is 7.34. The van der Waals surface area contributed by atoms with Gasteiger partial charge in [-0.25, -0.2) is 14.6 Å². The Morgan fingerprint density at radius 2 is 1.93 bits per heavy atom. The van der Waals surface area contributed by atoms with Gasteiger partial charge in [-0.15, -0.1) is 0 Å². The number of hydrogen-bond acceptors (Lipinski definition) is 8. The normalized spacial score (nSPS) is 36.7. The average Bonchev–Trinajstić information content (AvgIpc) is 3.21. The topological polar surface area (TPSA) is 145 Å². The van der Waals surface area contributed by atoms with Crippen LogP contribution in [0.15, 0.2) is 30.5 Å². The molecule has 0 radical (unpaired) electrons. The number of amides is 1. The number of esters is 1. The molecule has 2 bridgehead atoms. The van der Waals surface area contributed by atoms with Gasteiger partial charge in [-0.05, 0) is 49.7 Å². The molecule has 9 atom stereocenters. The van der Waals surface area contributed by atoms with Crippen molar-refractivity contribution in [2.24, 2.45) is 23.7 Å². The maximum atomic E-state index is 12.9. The summed E-state index contributed by atoms with van der Waals surface area (Å²) in [6, 6.07) is 6.42. The highest BCUT2D eigenvalue weighted by Crippen LogP contribution is 2.60. The molecule has 222 valence electrons. The summed E-state index contributed by atoms with van der Waals surface area (Å²) < 4.78 is 18.3. The first kappa shape index (κ1) is 28.1. The first-order chi connectivity index (χ1) is 19.6. The SMILES string of the molecule is C[C@H]1[C@H](OC(=O)CCC(=O)N[C@H](Cc2c[nH]c3ccccc23)C(=O)O)O[C@@H]2O[C@@]3(C)CC[C@H]4[C@H](C)CC[C@@H]1[C@@]24OO3. The van der Waals surface area contributed by atoms with Crippen LogP contribution in [0.25, 0.3) is 10.9 Å². The second-order valence-electron chi connectivity index (χ2n) is 12.3. The number of para-hydroxylation sites is 1. The van der Waals surface area contributed by atoms with Crippen molar-refractivity contribution in [1.82, 2.24) is 10.3 Å². The smallest absolute Gasteiger partial charge is 0.326 e. The van der Waals surface area contributed by atoms with Gasteiger partial charge in [0.2, 0.25) is 18.0 Å². The van der Waals surface area contributed by atoms with Crippen LogP contribution >= 0.6 is 0 Å². The van der Waals surface area contributed by atoms with Crippen LogP contribution in [-0.2, 0) is 44.8 Å². The highest BCUT2D eigenvalue weighted by Gasteiger charge is 2.69. The fourth-order valence-electron chi connectivity index (χ4n) is 7.40. The van der Waals surface area contributed by atoms with E-state index in [0.717, 1.165) is 35.7 Å². The minimum Gasteiger partial charge on any atom is -0.480 e. The van der Waals surface area contributed by atoms with Crippen LogP contribution in [0.4, 0.5) is 0 Å². The summed E-state index contributed by atoms with van der Waals surface area (Å²) in [5, 5.41) is 13.2. The summed E-state index contributed by atoms with van der Waals surface area (Å²) in [5.41, 5.74) is 0.914. The van der Waals surface area contributed by atoms with E-state index in [4.69, 9.17) is 24.0 Å². The Labute approximate surface area is 238 Å². The first-order valence-corrected chi connectivity index (χ1v) is 14.6. The van der Waals surface area contributed by atoms with Gasteiger partial charge in [0.25, 0.3) is 0 Å². The number of fused-ring (bicyclic) bond motifs is 3. The van der Waals surface area contributed by atoms with Gasteiger partial charge in [-0.2, -0.15) is 0 Å². The summed E-state index contributed by atoms with van der Waals surface area (Å²) in [6.45, 7) is 6.05. The average molecular weight is 571 g/mol. The zero-order valence-corrected chi connectivity index (χ0v) is 23.6. The molecule has 5 aliphatic rings. The third-order valence-electron chi connectivity index (χ3n) is 9.63. The molecule has 1 amide bonds. The molecule has 1 aliphatic carbocycles. The Balaban J connectivity index is 1.06. The van der Waals surface area contributed by atoms with Gasteiger partial charge < -0.3 is 29.6 Å². The van der Waals surface area contributed by atoms with Crippen LogP contribution in [0, 0.1) is 23.7 Å². The van der Waals surface area contributed by atoms with Gasteiger partial charge in [0.05, 0.1) is 6.42 Å². The summed E-state index contributed by atoms with van der Waals surface area (Å²) in [7, 11) is 0. The van der Waals surface area contributed by atoms with E-state index in [1.807, 2.05) is 38.1 Å². The fourth-order valence-corrected chi connectivity index (χ4v) is 7.40. The second-order valence-corrected chi connectivity index (χ2v) is 12.3. The van der Waals surface area contributed by atoms with Crippen molar-refractivity contribution in [3.8, 4) is 0 Å². The van der Waals surface area contributed by atoms with Crippen LogP contribution in [0.1, 0.15) is 64.9 Å². The van der Waals surface area contributed by atoms with Gasteiger partial charge in [0, 0.05) is 48.2 Å². The minimum atomic E-state index is -1.15. The zero-order chi connectivity index (χ0) is 28.9. The van der Waals surface area contributed by atoms with Crippen LogP contribution in [0.5, 0.6) is 0 Å². The van der Waals surface area contributed by atoms with Gasteiger partial charge in [0.1, 0.15) is 6.04 Å². The van der Waals surface area contributed by atoms with Crippen molar-refractivity contribution in [3.63, 3.8) is 0 Å². The van der Waals surface area contributed by atoms with Crippen molar-refractivity contribution in [2.75, 3.05) is 0 Å². The molecule has 3 N–H and O–H groups in total. The fraction of sp³-hybridized carbons (Fsp3) is 0.633. The third-order valence-corrected chi connectivity index (χ3v) is 9.63. The number of H-pyrrole nitrogens is 1. The third kappa shape index (κ3) is 5.03. The molecule has 11 heteroatoms. The number of carbonyl (C=O) groups is 3. The second kappa shape index (κ2) is 10.7. The van der Waals surface area contributed by atoms with E-state index in [1.165, 1.54) is 0 Å². The number of aromatic amines is 1. The zero-order valence-electron chi connectivity index (χ0n) is 23.6. The Morgan fingerprint density at radius 1 is 1.12 bits per heavy atom. The molecule has 1 saturated carbocycles. The molecule has 5 heterocycles. The lowest BCUT2D eigenvalue weighted by Gasteiger charge is -2.59. The maximum absolute atomic E-state index is 12.9. The number of aromatic nitrogens is 1. The van der Waals surface area contributed by atoms with E-state index in [1.54, 1.807) is 6.20 Å². The molecule has 2 aromatic rings. The standard InChI is InChI=1S/C30H38N2O9/c1-16-8-9-21-17(2)27(38-28-30(21)20(16)12-13-29(3,39-28)40-41-30)37-25(34)11-10-24(33)32-23(26(35)36)14-18-15-31-22-7-5-4-6-19(18)22/h4-7,15-17,20-21,23,27-28,31H,8-14H2,1-3H3,(H,32,33)(H,35,36)/t16-,17-,20+,21+,23-,27-,28-,29-,30-/m1/s1. The highest BCUT2D eigenvalue weighted by atomic mass is 17.3. The number of carboxylic acid groups (broad SMARTS) is 1. The predicted molar refractivity (Wildman–Crippen MR) is 144 cm³/mol. The van der Waals surface area contributed by atoms with Gasteiger partial charge in [0.15, 0.2) is 11.9 Å². The molecular weight excluding hydrogens is 532 g/mol. The lowest BCUT2D eigenvalue weighted by Crippen LogP contribution is -2.70. The number of aliphatic carboxylic acids is 1. The molecular formula is C30H38N2O9. The Morgan fingerprint density at radius 3 is 2.73 bits per heavy atom. The molecule has 1 aromatic heterocycles. The van der Waals surface area contributed by atoms with Gasteiger partial charge in [-0.3, -0.25) is 9.59 Å². The van der Waals surface area contributed by atoms with Crippen LogP contribution in [0.3, 0.4) is 0 Å². The number of nitrogens with one attached hydrogen (secondary N) is 2. The lowest BCUT2D eigenvalue weighted by molar-refractivity contribution is -0.576. The van der Waals surface area contributed by atoms with Crippen molar-refractivity contribution in [3.05, 3.63) is 36.0 Å². The van der Waals surface area contributed by atoms with E-state index in [2.05, 4.69) is 17.2 Å². The molecule has 0 unspecified atom stereocenters. The van der Waals surface area contributed by atoms with E-state index in [9.17, 15) is 19.5 Å². The van der Waals surface area contributed by atoms with Crippen molar-refractivity contribution >= 4 is 28.7 Å². The largest absolute Gasteiger partial charge is 0.480 e. The quantitative estimate of drug-likeness (QED) is 0.319. The molecule has 11 nitrogen and oxygen atoms in total. The van der Waals surface area contributed by atoms with Crippen LogP contribution < -0.4 is 5.32 Å². The summed E-state index contributed by atoms with van der Waals surface area (Å²) in [5.74, 6) is -2.78. The van der Waals surface area contributed by atoms with E-state index < -0.39 is 47.9 Å². The number of carbonyl (C=O) groups excluding carboxylic acids is 2. The van der Waals surface area contributed by atoms with Crippen LogP contribution in [-0.4, -0.2) is 57.9 Å². The highest BCUT2D eigenvalue weighted by molar-refractivity contribution is 5.87. The molecule has 4 saturated heterocycles. The molecule has 1 spiro atoms. The minimum absolute atomic E-state index is 0.00651. The summed E-state index contributed by atoms with van der Waals surface area (Å²) in [6.07, 6.45) is 3.31. The Hall–Kier alpha value is -2.99. The van der Waals surface area contributed by atoms with Crippen molar-refractivity contribution in [1.29, 1.82) is 0 Å². The summed E-state index contributed by atoms with van der Waals surface area (Å²) in [4.78, 5) is 52.5. The van der Waals surface area contributed by atoms with Gasteiger partial charge >= 0.3 is 11.9 Å². The van der Waals surface area contributed by atoms with Crippen molar-refractivity contribution < 1.29 is 43.5 Å². The lowest BCUT2D eigenvalue weighted by atomic mass is 9.58. The van der Waals surface area contributed by atoms with Crippen LogP contribution in [0.2, 0.25) is 0 Å². The number of ether oxygens (including phenoxy) is 3. The van der Waals surface area contributed by atoms with E-state index >= 15 is 0 Å². The van der Waals surface area contributed by atoms with Crippen molar-refractivity contribution in [2.45, 2.75) is 95.7 Å². The molecule has 5 fully saturated rings. The maximum Gasteiger partial charge on any atom is 0.326 e. The number of carboxylic acids is 1. The van der Waals surface area contributed by atoms with E-state index in [0.29, 0.717) is 12.3 Å². The number of rotatable bonds is 8. The summed E-state index contributed by atoms with van der Waals surface area (Å²) >= 11 is 0. The molecule has 4 aliphatic heterocycles. The van der Waals surface area contributed by atoms with E-state index in [-0.39, 0.29) is 37.0 Å². The monoisotopic (exact) mass is 570 g/mol.